The molecule has 0 N–H and O–H groups in total. The summed E-state index contributed by atoms with van der Waals surface area (Å²) in [5.74, 6) is -0.0910. The predicted octanol–water partition coefficient (Wildman–Crippen LogP) is 3.11. The molecule has 1 aromatic carbocycles. The maximum atomic E-state index is 13.4. The molecular weight excluding hydrogens is 400 g/mol. The molecule has 0 aliphatic carbocycles. The maximum absolute atomic E-state index is 13.4. The van der Waals surface area contributed by atoms with Crippen LogP contribution in [0.1, 0.15) is 34.5 Å². The van der Waals surface area contributed by atoms with Crippen LogP contribution in [0, 0.1) is 0 Å². The highest BCUT2D eigenvalue weighted by molar-refractivity contribution is 6.31. The van der Waals surface area contributed by atoms with E-state index in [0.717, 1.165) is 37.1 Å². The third-order valence-electron chi connectivity index (χ3n) is 5.54. The number of hydrogen-bond donors (Lipinski definition) is 0. The molecule has 0 unspecified atom stereocenters. The van der Waals surface area contributed by atoms with Crippen molar-refractivity contribution < 1.29 is 4.79 Å². The molecular formula is C22H25ClN6O. The van der Waals surface area contributed by atoms with E-state index in [0.29, 0.717) is 23.8 Å². The van der Waals surface area contributed by atoms with Crippen LogP contribution in [0.3, 0.4) is 0 Å². The van der Waals surface area contributed by atoms with Crippen molar-refractivity contribution in [3.8, 4) is 0 Å². The summed E-state index contributed by atoms with van der Waals surface area (Å²) in [5, 5.41) is 9.01. The lowest BCUT2D eigenvalue weighted by Crippen LogP contribution is -2.46. The van der Waals surface area contributed by atoms with E-state index >= 15 is 0 Å². The highest BCUT2D eigenvalue weighted by Gasteiger charge is 2.29. The first-order valence-electron chi connectivity index (χ1n) is 10.1. The summed E-state index contributed by atoms with van der Waals surface area (Å²) in [6.07, 6.45) is 7.11. The van der Waals surface area contributed by atoms with Crippen LogP contribution in [-0.2, 0) is 13.1 Å². The Hall–Kier alpha value is -2.77. The van der Waals surface area contributed by atoms with E-state index in [4.69, 9.17) is 11.6 Å². The summed E-state index contributed by atoms with van der Waals surface area (Å²) < 4.78 is 1.66. The lowest BCUT2D eigenvalue weighted by atomic mass is 10.0. The zero-order valence-electron chi connectivity index (χ0n) is 17.0. The van der Waals surface area contributed by atoms with Gasteiger partial charge in [0.2, 0.25) is 0 Å². The average molecular weight is 425 g/mol. The molecule has 30 heavy (non-hydrogen) atoms. The molecule has 1 aliphatic heterocycles. The van der Waals surface area contributed by atoms with Crippen LogP contribution in [0.2, 0.25) is 5.02 Å². The zero-order chi connectivity index (χ0) is 20.9. The van der Waals surface area contributed by atoms with Crippen LogP contribution in [0.25, 0.3) is 0 Å². The van der Waals surface area contributed by atoms with E-state index in [1.807, 2.05) is 41.3 Å². The zero-order valence-corrected chi connectivity index (χ0v) is 17.7. The normalized spacial score (nSPS) is 15.3. The van der Waals surface area contributed by atoms with Crippen LogP contribution >= 0.6 is 11.6 Å². The number of amides is 1. The minimum Gasteiger partial charge on any atom is -0.330 e. The monoisotopic (exact) mass is 424 g/mol. The Balaban J connectivity index is 1.54. The van der Waals surface area contributed by atoms with Crippen LogP contribution < -0.4 is 0 Å². The van der Waals surface area contributed by atoms with Gasteiger partial charge >= 0.3 is 0 Å². The Labute approximate surface area is 181 Å². The molecule has 0 atom stereocenters. The molecule has 3 heterocycles. The van der Waals surface area contributed by atoms with Crippen molar-refractivity contribution in [2.45, 2.75) is 32.0 Å². The second-order valence-corrected chi connectivity index (χ2v) is 8.12. The number of aromatic nitrogens is 4. The van der Waals surface area contributed by atoms with E-state index in [-0.39, 0.29) is 11.9 Å². The fraction of sp³-hybridized carbons (Fsp3) is 0.364. The van der Waals surface area contributed by atoms with Crippen molar-refractivity contribution in [1.29, 1.82) is 0 Å². The minimum absolute atomic E-state index is 0.0910. The number of likely N-dealkylation sites (tertiary alicyclic amines) is 1. The first-order chi connectivity index (χ1) is 14.6. The largest absolute Gasteiger partial charge is 0.330 e. The lowest BCUT2D eigenvalue weighted by Gasteiger charge is -2.37. The summed E-state index contributed by atoms with van der Waals surface area (Å²) in [6, 6.07) is 11.7. The van der Waals surface area contributed by atoms with E-state index in [9.17, 15) is 4.79 Å². The van der Waals surface area contributed by atoms with Crippen LogP contribution in [0.5, 0.6) is 0 Å². The molecule has 4 rings (SSSR count). The second-order valence-electron chi connectivity index (χ2n) is 7.72. The second kappa shape index (κ2) is 9.36. The summed E-state index contributed by atoms with van der Waals surface area (Å²) in [7, 11) is 2.12. The van der Waals surface area contributed by atoms with E-state index in [2.05, 4.69) is 27.2 Å². The molecule has 7 nitrogen and oxygen atoms in total. The predicted molar refractivity (Wildman–Crippen MR) is 115 cm³/mol. The maximum Gasteiger partial charge on any atom is 0.276 e. The van der Waals surface area contributed by atoms with Crippen molar-refractivity contribution in [2.75, 3.05) is 20.1 Å². The molecule has 0 saturated carbocycles. The van der Waals surface area contributed by atoms with E-state index in [1.54, 1.807) is 23.3 Å². The number of nitrogens with zero attached hydrogens (tertiary/aromatic N) is 6. The molecule has 8 heteroatoms. The van der Waals surface area contributed by atoms with Gasteiger partial charge in [-0.2, -0.15) is 0 Å². The van der Waals surface area contributed by atoms with Gasteiger partial charge in [-0.05, 0) is 62.3 Å². The molecule has 1 amide bonds. The molecule has 156 valence electrons. The number of hydrogen-bond acceptors (Lipinski definition) is 5. The molecule has 0 radical (unpaired) electrons. The number of carbonyl (C=O) groups excluding carboxylic acids is 1. The summed E-state index contributed by atoms with van der Waals surface area (Å²) >= 11 is 6.25. The highest BCUT2D eigenvalue weighted by Crippen LogP contribution is 2.21. The average Bonchev–Trinajstić information content (AvgIpc) is 3.23. The fourth-order valence-electron chi connectivity index (χ4n) is 3.78. The molecule has 1 fully saturated rings. The summed E-state index contributed by atoms with van der Waals surface area (Å²) in [5.41, 5.74) is 2.35. The number of rotatable bonds is 6. The van der Waals surface area contributed by atoms with Gasteiger partial charge in [-0.25, -0.2) is 4.68 Å². The first-order valence-corrected chi connectivity index (χ1v) is 10.5. The van der Waals surface area contributed by atoms with Crippen molar-refractivity contribution >= 4 is 17.5 Å². The van der Waals surface area contributed by atoms with Gasteiger partial charge in [0.25, 0.3) is 5.91 Å². The molecule has 1 saturated heterocycles. The minimum atomic E-state index is -0.0910. The SMILES string of the molecule is CN1CCC(N(Cc2ccncc2)C(=O)c2cn(Cc3ccccc3Cl)nn2)CC1. The van der Waals surface area contributed by atoms with Gasteiger partial charge < -0.3 is 9.80 Å². The molecule has 2 aromatic heterocycles. The first kappa shape index (κ1) is 20.5. The summed E-state index contributed by atoms with van der Waals surface area (Å²) in [6.45, 7) is 2.96. The third-order valence-corrected chi connectivity index (χ3v) is 5.91. The van der Waals surface area contributed by atoms with Gasteiger partial charge in [-0.1, -0.05) is 35.0 Å². The van der Waals surface area contributed by atoms with Gasteiger partial charge in [-0.15, -0.1) is 5.10 Å². The standard InChI is InChI=1S/C22H25ClN6O/c1-27-12-8-19(9-13-27)29(14-17-6-10-24-11-7-17)22(30)21-16-28(26-25-21)15-18-4-2-3-5-20(18)23/h2-7,10-11,16,19H,8-9,12-15H2,1H3. The van der Waals surface area contributed by atoms with Crippen molar-refractivity contribution in [2.24, 2.45) is 0 Å². The van der Waals surface area contributed by atoms with Gasteiger partial charge in [-0.3, -0.25) is 9.78 Å². The lowest BCUT2D eigenvalue weighted by molar-refractivity contribution is 0.0563. The number of halogens is 1. The smallest absolute Gasteiger partial charge is 0.276 e. The Bertz CT molecular complexity index is 984. The van der Waals surface area contributed by atoms with E-state index in [1.165, 1.54) is 0 Å². The van der Waals surface area contributed by atoms with Crippen molar-refractivity contribution in [3.63, 3.8) is 0 Å². The van der Waals surface area contributed by atoms with Crippen LogP contribution in [0.4, 0.5) is 0 Å². The van der Waals surface area contributed by atoms with Crippen LogP contribution in [0.15, 0.2) is 55.0 Å². The van der Waals surface area contributed by atoms with Gasteiger partial charge in [0.05, 0.1) is 12.7 Å². The number of benzene rings is 1. The Morgan fingerprint density at radius 2 is 1.90 bits per heavy atom. The number of piperidine rings is 1. The molecule has 1 aliphatic rings. The van der Waals surface area contributed by atoms with E-state index < -0.39 is 0 Å². The van der Waals surface area contributed by atoms with Crippen LogP contribution in [-0.4, -0.2) is 61.9 Å². The highest BCUT2D eigenvalue weighted by atomic mass is 35.5. The topological polar surface area (TPSA) is 67.2 Å². The Morgan fingerprint density at radius 3 is 2.63 bits per heavy atom. The molecule has 3 aromatic rings. The Kier molecular flexibility index (Phi) is 6.40. The van der Waals surface area contributed by atoms with Crippen molar-refractivity contribution in [3.05, 3.63) is 76.8 Å². The summed E-state index contributed by atoms with van der Waals surface area (Å²) in [4.78, 5) is 21.7. The molecule has 0 spiro atoms. The number of carbonyl (C=O) groups is 1. The Morgan fingerprint density at radius 1 is 1.17 bits per heavy atom. The fourth-order valence-corrected chi connectivity index (χ4v) is 3.98. The third kappa shape index (κ3) is 4.86. The number of pyridine rings is 1. The molecule has 0 bridgehead atoms. The van der Waals surface area contributed by atoms with Gasteiger partial charge in [0.1, 0.15) is 0 Å². The van der Waals surface area contributed by atoms with Gasteiger partial charge in [0, 0.05) is 30.0 Å². The van der Waals surface area contributed by atoms with Crippen molar-refractivity contribution in [1.82, 2.24) is 29.8 Å². The van der Waals surface area contributed by atoms with Gasteiger partial charge in [0.15, 0.2) is 5.69 Å². The quantitative estimate of drug-likeness (QED) is 0.608.